The molecule has 71 heavy (non-hydrogen) atoms. The SMILES string of the molecule is CCCCC/C=C\C=C\C(=O)CCCCCCCC(=O)O[C@H](COC(=O)CCCCCCCCC/C=C\CCCCCCCC)COP(=O)(O)OP(=O)(O)OC[C@H]1O[C@@H](n2ccc(N)nc2=O)[C@H](O)[C@@H]1O. The first-order valence-electron chi connectivity index (χ1n) is 26.0. The molecule has 21 heteroatoms. The van der Waals surface area contributed by atoms with Gasteiger partial charge in [0.25, 0.3) is 0 Å². The summed E-state index contributed by atoms with van der Waals surface area (Å²) in [5, 5.41) is 20.9. The molecule has 1 aromatic rings. The summed E-state index contributed by atoms with van der Waals surface area (Å²) in [6.07, 6.45) is 30.4. The van der Waals surface area contributed by atoms with Gasteiger partial charge < -0.3 is 39.9 Å². The average Bonchev–Trinajstić information content (AvgIpc) is 3.60. The molecular formula is C50H85N3O16P2. The maximum absolute atomic E-state index is 12.9. The van der Waals surface area contributed by atoms with Crippen LogP contribution in [0.1, 0.15) is 193 Å². The van der Waals surface area contributed by atoms with Gasteiger partial charge in [-0.05, 0) is 69.9 Å². The number of allylic oxidation sites excluding steroid dienone is 6. The maximum atomic E-state index is 12.9. The molecule has 0 bridgehead atoms. The second kappa shape index (κ2) is 38.3. The lowest BCUT2D eigenvalue weighted by Crippen LogP contribution is -2.36. The van der Waals surface area contributed by atoms with Gasteiger partial charge in [0.1, 0.15) is 30.7 Å². The summed E-state index contributed by atoms with van der Waals surface area (Å²) < 4.78 is 56.7. The van der Waals surface area contributed by atoms with E-state index < -0.39 is 83.7 Å². The van der Waals surface area contributed by atoms with E-state index in [0.29, 0.717) is 32.1 Å². The number of nitrogens with zero attached hydrogens (tertiary/aromatic N) is 2. The predicted molar refractivity (Wildman–Crippen MR) is 271 cm³/mol. The third kappa shape index (κ3) is 31.1. The first kappa shape index (κ1) is 63.8. The monoisotopic (exact) mass is 1050 g/mol. The molecule has 1 aliphatic heterocycles. The fraction of sp³-hybridized carbons (Fsp3) is 0.740. The predicted octanol–water partition coefficient (Wildman–Crippen LogP) is 9.96. The van der Waals surface area contributed by atoms with Gasteiger partial charge in [0.05, 0.1) is 13.2 Å². The summed E-state index contributed by atoms with van der Waals surface area (Å²) in [7, 11) is -10.9. The number of carbonyl (C=O) groups excluding carboxylic acids is 3. The molecule has 0 amide bonds. The number of rotatable bonds is 43. The van der Waals surface area contributed by atoms with E-state index in [2.05, 4.69) is 41.4 Å². The molecule has 1 saturated heterocycles. The van der Waals surface area contributed by atoms with Crippen LogP contribution in [0.4, 0.5) is 5.82 Å². The highest BCUT2D eigenvalue weighted by Gasteiger charge is 2.46. The van der Waals surface area contributed by atoms with Crippen molar-refractivity contribution in [3.63, 3.8) is 0 Å². The fourth-order valence-corrected chi connectivity index (χ4v) is 9.69. The van der Waals surface area contributed by atoms with E-state index in [1.807, 2.05) is 6.08 Å². The van der Waals surface area contributed by atoms with E-state index >= 15 is 0 Å². The molecule has 0 aliphatic carbocycles. The highest BCUT2D eigenvalue weighted by molar-refractivity contribution is 7.61. The van der Waals surface area contributed by atoms with Gasteiger partial charge in [-0.2, -0.15) is 9.29 Å². The van der Waals surface area contributed by atoms with Crippen molar-refractivity contribution in [3.05, 3.63) is 59.2 Å². The molecule has 0 radical (unpaired) electrons. The van der Waals surface area contributed by atoms with Crippen molar-refractivity contribution in [3.8, 4) is 0 Å². The van der Waals surface area contributed by atoms with Crippen LogP contribution in [0.15, 0.2) is 53.5 Å². The van der Waals surface area contributed by atoms with Crippen LogP contribution in [0.3, 0.4) is 0 Å². The number of carbonyl (C=O) groups is 3. The van der Waals surface area contributed by atoms with E-state index in [9.17, 15) is 48.3 Å². The summed E-state index contributed by atoms with van der Waals surface area (Å²) in [6.45, 7) is 1.99. The first-order chi connectivity index (χ1) is 34.1. The summed E-state index contributed by atoms with van der Waals surface area (Å²) in [4.78, 5) is 74.1. The Balaban J connectivity index is 1.81. The van der Waals surface area contributed by atoms with Gasteiger partial charge in [0, 0.05) is 25.5 Å². The molecule has 0 saturated carbocycles. The summed E-state index contributed by atoms with van der Waals surface area (Å²) in [6, 6.07) is 1.24. The van der Waals surface area contributed by atoms with Crippen molar-refractivity contribution in [2.75, 3.05) is 25.6 Å². The number of esters is 2. The van der Waals surface area contributed by atoms with E-state index in [0.717, 1.165) is 94.2 Å². The second-order valence-corrected chi connectivity index (χ2v) is 21.1. The van der Waals surface area contributed by atoms with Gasteiger partial charge >= 0.3 is 33.3 Å². The van der Waals surface area contributed by atoms with Crippen molar-refractivity contribution in [2.24, 2.45) is 0 Å². The third-order valence-electron chi connectivity index (χ3n) is 11.7. The van der Waals surface area contributed by atoms with Crippen LogP contribution in [0.2, 0.25) is 0 Å². The molecule has 0 spiro atoms. The number of nitrogen functional groups attached to an aromatic ring is 1. The fourth-order valence-electron chi connectivity index (χ4n) is 7.58. The molecule has 19 nitrogen and oxygen atoms in total. The number of phosphoric acid groups is 2. The number of aliphatic hydroxyl groups excluding tert-OH is 2. The van der Waals surface area contributed by atoms with Crippen molar-refractivity contribution < 1.29 is 71.1 Å². The number of hydrogen-bond donors (Lipinski definition) is 5. The highest BCUT2D eigenvalue weighted by Crippen LogP contribution is 2.60. The molecule has 7 atom stereocenters. The lowest BCUT2D eigenvalue weighted by molar-refractivity contribution is -0.161. The number of anilines is 1. The van der Waals surface area contributed by atoms with Crippen LogP contribution < -0.4 is 11.4 Å². The number of ether oxygens (including phenoxy) is 3. The number of nitrogens with two attached hydrogens (primary N) is 1. The Morgan fingerprint density at radius 3 is 1.85 bits per heavy atom. The molecule has 1 aliphatic rings. The first-order valence-corrected chi connectivity index (χ1v) is 28.9. The van der Waals surface area contributed by atoms with Gasteiger partial charge in [-0.3, -0.25) is 28.0 Å². The zero-order valence-corrected chi connectivity index (χ0v) is 44.1. The summed E-state index contributed by atoms with van der Waals surface area (Å²) >= 11 is 0. The number of ketones is 1. The summed E-state index contributed by atoms with van der Waals surface area (Å²) in [5.74, 6) is -1.35. The van der Waals surface area contributed by atoms with Crippen LogP contribution in [-0.2, 0) is 51.1 Å². The zero-order valence-electron chi connectivity index (χ0n) is 42.3. The second-order valence-electron chi connectivity index (χ2n) is 18.1. The van der Waals surface area contributed by atoms with Gasteiger partial charge in [-0.15, -0.1) is 0 Å². The van der Waals surface area contributed by atoms with Crippen LogP contribution >= 0.6 is 15.6 Å². The lowest BCUT2D eigenvalue weighted by atomic mass is 10.1. The van der Waals surface area contributed by atoms with Crippen molar-refractivity contribution >= 4 is 39.2 Å². The van der Waals surface area contributed by atoms with Gasteiger partial charge in [0.15, 0.2) is 18.1 Å². The van der Waals surface area contributed by atoms with Crippen molar-refractivity contribution in [1.82, 2.24) is 9.55 Å². The van der Waals surface area contributed by atoms with E-state index in [4.69, 9.17) is 29.0 Å². The van der Waals surface area contributed by atoms with Crippen LogP contribution in [0, 0.1) is 0 Å². The molecule has 2 unspecified atom stereocenters. The molecule has 1 fully saturated rings. The number of hydrogen-bond acceptors (Lipinski definition) is 16. The number of phosphoric ester groups is 2. The average molecular weight is 1050 g/mol. The van der Waals surface area contributed by atoms with E-state index in [1.54, 1.807) is 12.2 Å². The maximum Gasteiger partial charge on any atom is 0.481 e. The largest absolute Gasteiger partial charge is 0.481 e. The molecule has 6 N–H and O–H groups in total. The summed E-state index contributed by atoms with van der Waals surface area (Å²) in [5.41, 5.74) is 4.58. The van der Waals surface area contributed by atoms with Crippen molar-refractivity contribution in [1.29, 1.82) is 0 Å². The Hall–Kier alpha value is -3.35. The molecule has 406 valence electrons. The highest BCUT2D eigenvalue weighted by atomic mass is 31.3. The van der Waals surface area contributed by atoms with E-state index in [-0.39, 0.29) is 24.4 Å². The standard InChI is InChI=1S/C50H85N3O16P2/c1-3-5-7-9-11-12-13-14-15-16-17-18-19-20-22-26-30-34-45(55)64-38-42(67-46(56)35-31-27-23-25-29-33-41(54)32-28-24-21-10-8-6-4-2)39-65-70(60,61)69-71(62,63)66-40-43-47(57)48(58)49(68-43)53-37-36-44(51)52-50(53)59/h14-15,21,24,28,32,36-37,42-43,47-49,57-58H,3-13,16-20,22-23,25-27,29-31,33-35,38-40H2,1-2H3,(H,60,61)(H,62,63)(H2,51,52,59)/b15-14-,24-21-,32-28+/t42-,43-,47-,48-,49-/m1/s1. The molecule has 2 heterocycles. The molecule has 1 aromatic heterocycles. The Kier molecular flexibility index (Phi) is 34.4. The van der Waals surface area contributed by atoms with Gasteiger partial charge in [-0.1, -0.05) is 141 Å². The molecule has 2 rings (SSSR count). The Labute approximate surface area is 421 Å². The topological polar surface area (TPSA) is 283 Å². The third-order valence-corrected chi connectivity index (χ3v) is 14.3. The Morgan fingerprint density at radius 2 is 1.23 bits per heavy atom. The van der Waals surface area contributed by atoms with Crippen molar-refractivity contribution in [2.45, 2.75) is 218 Å². The number of aromatic nitrogens is 2. The van der Waals surface area contributed by atoms with E-state index in [1.165, 1.54) is 51.0 Å². The van der Waals surface area contributed by atoms with Gasteiger partial charge in [-0.25, -0.2) is 13.9 Å². The number of aliphatic hydroxyl groups is 2. The Bertz CT molecular complexity index is 1890. The number of unbranched alkanes of at least 4 members (excludes halogenated alkanes) is 20. The minimum Gasteiger partial charge on any atom is -0.462 e. The van der Waals surface area contributed by atoms with Gasteiger partial charge in [0.2, 0.25) is 0 Å². The quantitative estimate of drug-likeness (QED) is 0.0102. The van der Waals surface area contributed by atoms with Crippen LogP contribution in [0.5, 0.6) is 0 Å². The van der Waals surface area contributed by atoms with Crippen LogP contribution in [-0.4, -0.2) is 91.5 Å². The Morgan fingerprint density at radius 1 is 0.704 bits per heavy atom. The molecular weight excluding hydrogens is 961 g/mol. The lowest BCUT2D eigenvalue weighted by Gasteiger charge is -2.21. The minimum atomic E-state index is -5.45. The smallest absolute Gasteiger partial charge is 0.462 e. The minimum absolute atomic E-state index is 0.0340. The van der Waals surface area contributed by atoms with Crippen LogP contribution in [0.25, 0.3) is 0 Å². The molecule has 0 aromatic carbocycles. The zero-order chi connectivity index (χ0) is 52.2. The normalized spacial score (nSPS) is 19.4.